The minimum absolute atomic E-state index is 0.0424. The van der Waals surface area contributed by atoms with Crippen LogP contribution in [0.15, 0.2) is 0 Å². The summed E-state index contributed by atoms with van der Waals surface area (Å²) in [5.74, 6) is 0.724. The topological polar surface area (TPSA) is 66.6 Å². The van der Waals surface area contributed by atoms with Crippen molar-refractivity contribution in [3.8, 4) is 0 Å². The normalized spacial score (nSPS) is 12.5. The van der Waals surface area contributed by atoms with Crippen LogP contribution in [0, 0.1) is 5.92 Å². The van der Waals surface area contributed by atoms with Crippen molar-refractivity contribution in [3.05, 3.63) is 0 Å². The Hall–Kier alpha value is -0.610. The number of hydrogen-bond acceptors (Lipinski definition) is 3. The third kappa shape index (κ3) is 7.34. The summed E-state index contributed by atoms with van der Waals surface area (Å²) in [6, 6.07) is 0. The standard InChI is InChI=1S/C13H28N2O2/c1-3-5-12(8-9-14)6-7-13(17)15(4-2)10-11-16/h12,16H,3-11,14H2,1-2H3. The molecule has 0 aliphatic rings. The summed E-state index contributed by atoms with van der Waals surface area (Å²) in [6.07, 6.45) is 4.81. The van der Waals surface area contributed by atoms with Gasteiger partial charge < -0.3 is 15.7 Å². The van der Waals surface area contributed by atoms with Crippen LogP contribution >= 0.6 is 0 Å². The Morgan fingerprint density at radius 1 is 1.29 bits per heavy atom. The van der Waals surface area contributed by atoms with Gasteiger partial charge in [0.25, 0.3) is 0 Å². The third-order valence-electron chi connectivity index (χ3n) is 3.14. The lowest BCUT2D eigenvalue weighted by atomic mass is 9.94. The highest BCUT2D eigenvalue weighted by molar-refractivity contribution is 5.76. The summed E-state index contributed by atoms with van der Waals surface area (Å²) in [7, 11) is 0. The van der Waals surface area contributed by atoms with E-state index in [4.69, 9.17) is 10.8 Å². The van der Waals surface area contributed by atoms with Gasteiger partial charge in [0.15, 0.2) is 0 Å². The maximum Gasteiger partial charge on any atom is 0.222 e. The second-order valence-electron chi connectivity index (χ2n) is 4.47. The van der Waals surface area contributed by atoms with Crippen LogP contribution in [-0.4, -0.2) is 42.2 Å². The lowest BCUT2D eigenvalue weighted by Crippen LogP contribution is -2.33. The maximum atomic E-state index is 11.9. The highest BCUT2D eigenvalue weighted by atomic mass is 16.3. The van der Waals surface area contributed by atoms with Crippen molar-refractivity contribution in [1.29, 1.82) is 0 Å². The summed E-state index contributed by atoms with van der Waals surface area (Å²) in [6.45, 7) is 5.97. The smallest absolute Gasteiger partial charge is 0.222 e. The average Bonchev–Trinajstić information content (AvgIpc) is 2.33. The summed E-state index contributed by atoms with van der Waals surface area (Å²) < 4.78 is 0. The summed E-state index contributed by atoms with van der Waals surface area (Å²) >= 11 is 0. The van der Waals surface area contributed by atoms with Gasteiger partial charge in [-0.15, -0.1) is 0 Å². The lowest BCUT2D eigenvalue weighted by Gasteiger charge is -2.21. The lowest BCUT2D eigenvalue weighted by molar-refractivity contribution is -0.131. The first-order valence-electron chi connectivity index (χ1n) is 6.78. The number of nitrogens with two attached hydrogens (primary N) is 1. The Balaban J connectivity index is 3.99. The zero-order chi connectivity index (χ0) is 13.1. The highest BCUT2D eigenvalue weighted by Gasteiger charge is 2.14. The van der Waals surface area contributed by atoms with Crippen molar-refractivity contribution in [2.24, 2.45) is 11.7 Å². The van der Waals surface area contributed by atoms with Crippen molar-refractivity contribution in [3.63, 3.8) is 0 Å². The Kier molecular flexibility index (Phi) is 10.2. The molecule has 0 heterocycles. The predicted octanol–water partition coefficient (Wildman–Crippen LogP) is 1.37. The van der Waals surface area contributed by atoms with Crippen molar-refractivity contribution >= 4 is 5.91 Å². The van der Waals surface area contributed by atoms with Crippen LogP contribution in [0.2, 0.25) is 0 Å². The van der Waals surface area contributed by atoms with Gasteiger partial charge >= 0.3 is 0 Å². The molecule has 17 heavy (non-hydrogen) atoms. The van der Waals surface area contributed by atoms with Crippen molar-refractivity contribution < 1.29 is 9.90 Å². The molecule has 4 heteroatoms. The van der Waals surface area contributed by atoms with E-state index < -0.39 is 0 Å². The van der Waals surface area contributed by atoms with E-state index in [1.54, 1.807) is 4.90 Å². The molecule has 1 amide bonds. The number of carbonyl (C=O) groups is 1. The first kappa shape index (κ1) is 16.4. The Morgan fingerprint density at radius 2 is 2.00 bits per heavy atom. The third-order valence-corrected chi connectivity index (χ3v) is 3.14. The minimum Gasteiger partial charge on any atom is -0.395 e. The largest absolute Gasteiger partial charge is 0.395 e. The van der Waals surface area contributed by atoms with Crippen molar-refractivity contribution in [2.45, 2.75) is 46.0 Å². The molecule has 0 aromatic rings. The van der Waals surface area contributed by atoms with Gasteiger partial charge in [0, 0.05) is 19.5 Å². The molecule has 1 unspecified atom stereocenters. The molecular formula is C13H28N2O2. The number of carbonyl (C=O) groups excluding carboxylic acids is 1. The fraction of sp³-hybridized carbons (Fsp3) is 0.923. The number of aliphatic hydroxyl groups excluding tert-OH is 1. The highest BCUT2D eigenvalue weighted by Crippen LogP contribution is 2.17. The van der Waals surface area contributed by atoms with E-state index in [2.05, 4.69) is 6.92 Å². The Bertz CT molecular complexity index is 192. The van der Waals surface area contributed by atoms with Gasteiger partial charge in [0.2, 0.25) is 5.91 Å². The fourth-order valence-electron chi connectivity index (χ4n) is 2.14. The molecule has 102 valence electrons. The number of likely N-dealkylation sites (N-methyl/N-ethyl adjacent to an activating group) is 1. The van der Waals surface area contributed by atoms with Crippen LogP contribution in [0.1, 0.15) is 46.0 Å². The zero-order valence-corrected chi connectivity index (χ0v) is 11.3. The van der Waals surface area contributed by atoms with Crippen LogP contribution in [0.4, 0.5) is 0 Å². The second-order valence-corrected chi connectivity index (χ2v) is 4.47. The number of aliphatic hydroxyl groups is 1. The molecule has 0 saturated heterocycles. The molecule has 0 rings (SSSR count). The van der Waals surface area contributed by atoms with E-state index >= 15 is 0 Å². The molecule has 0 aromatic carbocycles. The van der Waals surface area contributed by atoms with Crippen molar-refractivity contribution in [2.75, 3.05) is 26.2 Å². The van der Waals surface area contributed by atoms with E-state index in [9.17, 15) is 4.79 Å². The number of amides is 1. The molecule has 0 aliphatic heterocycles. The van der Waals surface area contributed by atoms with Gasteiger partial charge in [-0.3, -0.25) is 4.79 Å². The summed E-state index contributed by atoms with van der Waals surface area (Å²) in [5.41, 5.74) is 5.57. The molecule has 3 N–H and O–H groups in total. The van der Waals surface area contributed by atoms with Crippen LogP contribution in [0.25, 0.3) is 0 Å². The van der Waals surface area contributed by atoms with E-state index in [1.165, 1.54) is 0 Å². The monoisotopic (exact) mass is 244 g/mol. The SMILES string of the molecule is CCCC(CCN)CCC(=O)N(CC)CCO. The Labute approximate surface area is 105 Å². The van der Waals surface area contributed by atoms with E-state index in [-0.39, 0.29) is 12.5 Å². The molecular weight excluding hydrogens is 216 g/mol. The maximum absolute atomic E-state index is 11.9. The summed E-state index contributed by atoms with van der Waals surface area (Å²) in [4.78, 5) is 13.6. The molecule has 0 bridgehead atoms. The van der Waals surface area contributed by atoms with E-state index in [0.717, 1.165) is 25.7 Å². The molecule has 0 radical (unpaired) electrons. The van der Waals surface area contributed by atoms with E-state index in [1.807, 2.05) is 6.92 Å². The molecule has 4 nitrogen and oxygen atoms in total. The molecule has 0 fully saturated rings. The first-order chi connectivity index (χ1) is 8.19. The fourth-order valence-corrected chi connectivity index (χ4v) is 2.14. The quantitative estimate of drug-likeness (QED) is 0.610. The van der Waals surface area contributed by atoms with Gasteiger partial charge in [0.1, 0.15) is 0 Å². The minimum atomic E-state index is 0.0424. The van der Waals surface area contributed by atoms with Gasteiger partial charge in [0.05, 0.1) is 6.61 Å². The molecule has 0 saturated carbocycles. The predicted molar refractivity (Wildman–Crippen MR) is 70.6 cm³/mol. The summed E-state index contributed by atoms with van der Waals surface area (Å²) in [5, 5.41) is 8.85. The Morgan fingerprint density at radius 3 is 2.47 bits per heavy atom. The average molecular weight is 244 g/mol. The van der Waals surface area contributed by atoms with Crippen LogP contribution in [0.5, 0.6) is 0 Å². The molecule has 0 spiro atoms. The number of rotatable bonds is 10. The van der Waals surface area contributed by atoms with E-state index in [0.29, 0.717) is 32.0 Å². The van der Waals surface area contributed by atoms with Gasteiger partial charge in [-0.25, -0.2) is 0 Å². The van der Waals surface area contributed by atoms with Gasteiger partial charge in [-0.05, 0) is 32.2 Å². The zero-order valence-electron chi connectivity index (χ0n) is 11.3. The second kappa shape index (κ2) is 10.5. The van der Waals surface area contributed by atoms with Crippen molar-refractivity contribution in [1.82, 2.24) is 4.90 Å². The van der Waals surface area contributed by atoms with Crippen LogP contribution in [-0.2, 0) is 4.79 Å². The first-order valence-corrected chi connectivity index (χ1v) is 6.78. The van der Waals surface area contributed by atoms with Crippen LogP contribution < -0.4 is 5.73 Å². The van der Waals surface area contributed by atoms with Crippen LogP contribution in [0.3, 0.4) is 0 Å². The van der Waals surface area contributed by atoms with Gasteiger partial charge in [-0.1, -0.05) is 19.8 Å². The number of nitrogens with zero attached hydrogens (tertiary/aromatic N) is 1. The molecule has 1 atom stereocenters. The van der Waals surface area contributed by atoms with Gasteiger partial charge in [-0.2, -0.15) is 0 Å². The molecule has 0 aliphatic carbocycles. The molecule has 0 aromatic heterocycles. The number of hydrogen-bond donors (Lipinski definition) is 2.